The van der Waals surface area contributed by atoms with Crippen LogP contribution in [0.25, 0.3) is 0 Å². The van der Waals surface area contributed by atoms with Gasteiger partial charge in [-0.15, -0.1) is 10.2 Å². The van der Waals surface area contributed by atoms with Gasteiger partial charge in [0.2, 0.25) is 5.13 Å². The first kappa shape index (κ1) is 22.0. The summed E-state index contributed by atoms with van der Waals surface area (Å²) < 4.78 is 5.52. The summed E-state index contributed by atoms with van der Waals surface area (Å²) in [5, 5.41) is 18.9. The summed E-state index contributed by atoms with van der Waals surface area (Å²) in [6.45, 7) is 2.07. The molecule has 10 heteroatoms. The van der Waals surface area contributed by atoms with Crippen LogP contribution in [0.4, 0.5) is 5.13 Å². The fourth-order valence-corrected chi connectivity index (χ4v) is 5.64. The van der Waals surface area contributed by atoms with Gasteiger partial charge in [0, 0.05) is 17.7 Å². The number of aromatic nitrogens is 2. The highest BCUT2D eigenvalue weighted by molar-refractivity contribution is 8.01. The number of Topliss-reactive ketones (excluding diaryl/α,β-unsaturated/α-hetero) is 1. The number of carbonyl (C=O) groups excluding carboxylic acids is 2. The molecular formula is C22H21N5O3S2. The lowest BCUT2D eigenvalue weighted by Crippen LogP contribution is -2.38. The zero-order valence-electron chi connectivity index (χ0n) is 17.4. The summed E-state index contributed by atoms with van der Waals surface area (Å²) in [4.78, 5) is 26.4. The molecule has 0 saturated carbocycles. The SMILES string of the molecule is CCOC(=O)CSc1nnc(N2C(N)=C(C#N)C(c3ccccc3)C3=C2CCCC3=O)s1. The van der Waals surface area contributed by atoms with E-state index in [0.29, 0.717) is 46.5 Å². The Hall–Kier alpha value is -3.16. The van der Waals surface area contributed by atoms with E-state index in [4.69, 9.17) is 10.5 Å². The molecule has 2 aliphatic rings. The summed E-state index contributed by atoms with van der Waals surface area (Å²) in [6.07, 6.45) is 1.79. The number of nitriles is 1. The Labute approximate surface area is 193 Å². The number of benzene rings is 1. The topological polar surface area (TPSA) is 122 Å². The second-order valence-electron chi connectivity index (χ2n) is 7.17. The maximum Gasteiger partial charge on any atom is 0.316 e. The molecule has 1 atom stereocenters. The summed E-state index contributed by atoms with van der Waals surface area (Å²) in [6, 6.07) is 11.7. The van der Waals surface area contributed by atoms with Gasteiger partial charge in [0.15, 0.2) is 10.1 Å². The van der Waals surface area contributed by atoms with Crippen LogP contribution in [0.15, 0.2) is 57.3 Å². The van der Waals surface area contributed by atoms with E-state index in [-0.39, 0.29) is 23.3 Å². The minimum atomic E-state index is -0.495. The van der Waals surface area contributed by atoms with Gasteiger partial charge in [-0.05, 0) is 25.3 Å². The maximum absolute atomic E-state index is 13.1. The third-order valence-electron chi connectivity index (χ3n) is 5.25. The fraction of sp³-hybridized carbons (Fsp3) is 0.318. The molecule has 1 aromatic carbocycles. The van der Waals surface area contributed by atoms with Crippen LogP contribution in [0.3, 0.4) is 0 Å². The highest BCUT2D eigenvalue weighted by Gasteiger charge is 2.41. The van der Waals surface area contributed by atoms with Crippen molar-refractivity contribution in [2.45, 2.75) is 36.4 Å². The fourth-order valence-electron chi connectivity index (χ4n) is 3.96. The number of rotatable bonds is 6. The molecular weight excluding hydrogens is 446 g/mol. The number of esters is 1. The van der Waals surface area contributed by atoms with Crippen molar-refractivity contribution in [2.24, 2.45) is 5.73 Å². The number of thioether (sulfide) groups is 1. The van der Waals surface area contributed by atoms with E-state index in [2.05, 4.69) is 16.3 Å². The predicted molar refractivity (Wildman–Crippen MR) is 122 cm³/mol. The van der Waals surface area contributed by atoms with Gasteiger partial charge >= 0.3 is 5.97 Å². The molecule has 0 saturated heterocycles. The highest BCUT2D eigenvalue weighted by atomic mass is 32.2. The Morgan fingerprint density at radius 2 is 2.12 bits per heavy atom. The Kier molecular flexibility index (Phi) is 6.58. The van der Waals surface area contributed by atoms with E-state index >= 15 is 0 Å². The number of hydrogen-bond acceptors (Lipinski definition) is 10. The smallest absolute Gasteiger partial charge is 0.316 e. The molecule has 0 fully saturated rings. The van der Waals surface area contributed by atoms with Crippen molar-refractivity contribution in [3.63, 3.8) is 0 Å². The Morgan fingerprint density at radius 1 is 1.34 bits per heavy atom. The molecule has 1 aromatic heterocycles. The van der Waals surface area contributed by atoms with Gasteiger partial charge in [-0.25, -0.2) is 0 Å². The molecule has 32 heavy (non-hydrogen) atoms. The lowest BCUT2D eigenvalue weighted by Gasteiger charge is -2.38. The Morgan fingerprint density at radius 3 is 2.84 bits per heavy atom. The van der Waals surface area contributed by atoms with Gasteiger partial charge in [0.1, 0.15) is 5.82 Å². The van der Waals surface area contributed by atoms with Crippen LogP contribution in [0, 0.1) is 11.3 Å². The summed E-state index contributed by atoms with van der Waals surface area (Å²) >= 11 is 2.49. The van der Waals surface area contributed by atoms with E-state index in [1.807, 2.05) is 30.3 Å². The van der Waals surface area contributed by atoms with Gasteiger partial charge in [0.05, 0.1) is 29.9 Å². The van der Waals surface area contributed by atoms with Crippen LogP contribution in [0.5, 0.6) is 0 Å². The van der Waals surface area contributed by atoms with Crippen LogP contribution < -0.4 is 10.6 Å². The largest absolute Gasteiger partial charge is 0.465 e. The van der Waals surface area contributed by atoms with Crippen molar-refractivity contribution in [1.82, 2.24) is 10.2 Å². The molecule has 1 unspecified atom stereocenters. The van der Waals surface area contributed by atoms with Crippen LogP contribution in [0.2, 0.25) is 0 Å². The van der Waals surface area contributed by atoms with Crippen LogP contribution in [-0.2, 0) is 14.3 Å². The Balaban J connectivity index is 1.74. The number of nitrogens with zero attached hydrogens (tertiary/aromatic N) is 4. The van der Waals surface area contributed by atoms with Gasteiger partial charge < -0.3 is 10.5 Å². The second kappa shape index (κ2) is 9.54. The average Bonchev–Trinajstić information content (AvgIpc) is 3.26. The zero-order valence-corrected chi connectivity index (χ0v) is 19.0. The number of ether oxygens (including phenoxy) is 1. The minimum absolute atomic E-state index is 0.0202. The maximum atomic E-state index is 13.1. The average molecular weight is 468 g/mol. The van der Waals surface area contributed by atoms with Crippen LogP contribution in [0.1, 0.15) is 37.7 Å². The molecule has 0 spiro atoms. The van der Waals surface area contributed by atoms with Crippen molar-refractivity contribution < 1.29 is 14.3 Å². The number of allylic oxidation sites excluding steroid dienone is 3. The summed E-state index contributed by atoms with van der Waals surface area (Å²) in [7, 11) is 0. The van der Waals surface area contributed by atoms with Crippen LogP contribution in [-0.4, -0.2) is 34.3 Å². The van der Waals surface area contributed by atoms with E-state index in [1.54, 1.807) is 11.8 Å². The number of carbonyl (C=O) groups is 2. The van der Waals surface area contributed by atoms with E-state index < -0.39 is 5.92 Å². The predicted octanol–water partition coefficient (Wildman–Crippen LogP) is 3.50. The van der Waals surface area contributed by atoms with Gasteiger partial charge in [-0.3, -0.25) is 14.5 Å². The standard InChI is InChI=1S/C22H21N5O3S2/c1-2-30-17(29)12-31-22-26-25-21(32-22)27-15-9-6-10-16(28)19(15)18(14(11-23)20(27)24)13-7-4-3-5-8-13/h3-5,7-8,18H,2,6,9-10,12,24H2,1H3. The van der Waals surface area contributed by atoms with Crippen molar-refractivity contribution in [1.29, 1.82) is 5.26 Å². The molecule has 0 radical (unpaired) electrons. The number of ketones is 1. The lowest BCUT2D eigenvalue weighted by molar-refractivity contribution is -0.139. The van der Waals surface area contributed by atoms with Crippen LogP contribution >= 0.6 is 23.1 Å². The second-order valence-corrected chi connectivity index (χ2v) is 9.35. The quantitative estimate of drug-likeness (QED) is 0.502. The number of nitrogens with two attached hydrogens (primary N) is 1. The van der Waals surface area contributed by atoms with Crippen molar-refractivity contribution in [2.75, 3.05) is 17.3 Å². The molecule has 164 valence electrons. The molecule has 0 bridgehead atoms. The zero-order chi connectivity index (χ0) is 22.7. The lowest BCUT2D eigenvalue weighted by atomic mass is 9.76. The molecule has 2 heterocycles. The summed E-state index contributed by atoms with van der Waals surface area (Å²) in [5.41, 5.74) is 9.06. The molecule has 0 amide bonds. The first-order valence-electron chi connectivity index (χ1n) is 10.2. The summed E-state index contributed by atoms with van der Waals surface area (Å²) in [5.74, 6) is -0.419. The molecule has 1 aliphatic carbocycles. The molecule has 1 aliphatic heterocycles. The van der Waals surface area contributed by atoms with Crippen molar-refractivity contribution in [3.05, 3.63) is 58.6 Å². The van der Waals surface area contributed by atoms with Gasteiger partial charge in [-0.1, -0.05) is 53.4 Å². The first-order chi connectivity index (χ1) is 15.5. The molecule has 2 aromatic rings. The molecule has 4 rings (SSSR count). The van der Waals surface area contributed by atoms with Crippen molar-refractivity contribution >= 4 is 40.0 Å². The third-order valence-corrected chi connectivity index (χ3v) is 7.27. The highest BCUT2D eigenvalue weighted by Crippen LogP contribution is 2.47. The normalized spacial score (nSPS) is 18.4. The van der Waals surface area contributed by atoms with E-state index in [1.165, 1.54) is 23.1 Å². The van der Waals surface area contributed by atoms with E-state index in [0.717, 1.165) is 11.3 Å². The molecule has 8 nitrogen and oxygen atoms in total. The number of anilines is 1. The molecule has 2 N–H and O–H groups in total. The van der Waals surface area contributed by atoms with E-state index in [9.17, 15) is 14.9 Å². The Bertz CT molecular complexity index is 1150. The first-order valence-corrected chi connectivity index (χ1v) is 12.0. The monoisotopic (exact) mass is 467 g/mol. The minimum Gasteiger partial charge on any atom is -0.465 e. The van der Waals surface area contributed by atoms with Crippen molar-refractivity contribution in [3.8, 4) is 6.07 Å². The number of hydrogen-bond donors (Lipinski definition) is 1. The van der Waals surface area contributed by atoms with Gasteiger partial charge in [0.25, 0.3) is 0 Å². The third kappa shape index (κ3) is 4.13. The van der Waals surface area contributed by atoms with Gasteiger partial charge in [-0.2, -0.15) is 5.26 Å².